The number of fused-ring (bicyclic) bond motifs is 2. The summed E-state index contributed by atoms with van der Waals surface area (Å²) in [6, 6.07) is 0. The minimum atomic E-state index is -0.464. The maximum atomic E-state index is 11.7. The highest BCUT2D eigenvalue weighted by Gasteiger charge is 2.66. The summed E-state index contributed by atoms with van der Waals surface area (Å²) < 4.78 is 0. The molecule has 4 N–H and O–H groups in total. The Balaban J connectivity index is 2.65. The lowest BCUT2D eigenvalue weighted by atomic mass is 9.65. The van der Waals surface area contributed by atoms with E-state index in [1.165, 1.54) is 11.1 Å². The Morgan fingerprint density at radius 3 is 1.53 bits per heavy atom. The quantitative estimate of drug-likeness (QED) is 0.699. The van der Waals surface area contributed by atoms with Crippen LogP contribution in [0.4, 0.5) is 0 Å². The molecular weight excluding hydrogens is 216 g/mol. The van der Waals surface area contributed by atoms with E-state index in [9.17, 15) is 9.59 Å². The van der Waals surface area contributed by atoms with Crippen LogP contribution >= 0.6 is 0 Å². The van der Waals surface area contributed by atoms with E-state index in [0.717, 1.165) is 6.42 Å². The normalized spacial score (nSPS) is 44.2. The Kier molecular flexibility index (Phi) is 2.23. The minimum Gasteiger partial charge on any atom is -0.369 e. The highest BCUT2D eigenvalue weighted by Crippen LogP contribution is 2.68. The van der Waals surface area contributed by atoms with E-state index >= 15 is 0 Å². The van der Waals surface area contributed by atoms with Gasteiger partial charge in [0.1, 0.15) is 0 Å². The van der Waals surface area contributed by atoms with Crippen LogP contribution in [0.15, 0.2) is 11.1 Å². The minimum absolute atomic E-state index is 0.301. The van der Waals surface area contributed by atoms with Gasteiger partial charge in [0.2, 0.25) is 11.8 Å². The highest BCUT2D eigenvalue weighted by atomic mass is 16.2. The molecule has 2 aliphatic rings. The molecule has 0 radical (unpaired) electrons. The van der Waals surface area contributed by atoms with Crippen molar-refractivity contribution in [3.8, 4) is 0 Å². The van der Waals surface area contributed by atoms with Gasteiger partial charge in [-0.05, 0) is 20.3 Å². The van der Waals surface area contributed by atoms with E-state index < -0.39 is 23.7 Å². The molecular formula is C13H20N2O2. The topological polar surface area (TPSA) is 86.2 Å². The number of hydrogen-bond donors (Lipinski definition) is 2. The molecule has 4 nitrogen and oxygen atoms in total. The molecule has 4 atom stereocenters. The zero-order valence-electron chi connectivity index (χ0n) is 10.8. The van der Waals surface area contributed by atoms with Crippen molar-refractivity contribution in [2.24, 2.45) is 34.1 Å². The Bertz CT molecular complexity index is 414. The number of hydrogen-bond acceptors (Lipinski definition) is 2. The number of allylic oxidation sites excluding steroid dienone is 2. The summed E-state index contributed by atoms with van der Waals surface area (Å²) in [5.41, 5.74) is 12.8. The van der Waals surface area contributed by atoms with Gasteiger partial charge in [-0.25, -0.2) is 0 Å². The van der Waals surface area contributed by atoms with Crippen LogP contribution in [0.2, 0.25) is 0 Å². The van der Waals surface area contributed by atoms with Crippen molar-refractivity contribution in [2.45, 2.75) is 34.1 Å². The van der Waals surface area contributed by atoms with Gasteiger partial charge in [-0.1, -0.05) is 25.0 Å². The Labute approximate surface area is 101 Å². The van der Waals surface area contributed by atoms with Gasteiger partial charge in [-0.3, -0.25) is 9.59 Å². The third-order valence-electron chi connectivity index (χ3n) is 5.33. The van der Waals surface area contributed by atoms with E-state index in [1.54, 1.807) is 0 Å². The molecule has 2 bridgehead atoms. The van der Waals surface area contributed by atoms with Crippen LogP contribution in [-0.4, -0.2) is 11.8 Å². The van der Waals surface area contributed by atoms with Gasteiger partial charge in [-0.2, -0.15) is 0 Å². The summed E-state index contributed by atoms with van der Waals surface area (Å²) in [6.07, 6.45) is 0.791. The Morgan fingerprint density at radius 2 is 1.29 bits per heavy atom. The summed E-state index contributed by atoms with van der Waals surface area (Å²) >= 11 is 0. The van der Waals surface area contributed by atoms with Gasteiger partial charge < -0.3 is 11.5 Å². The first kappa shape index (κ1) is 12.1. The molecule has 4 unspecified atom stereocenters. The van der Waals surface area contributed by atoms with Crippen LogP contribution in [-0.2, 0) is 9.59 Å². The molecule has 2 rings (SSSR count). The Morgan fingerprint density at radius 1 is 1.00 bits per heavy atom. The summed E-state index contributed by atoms with van der Waals surface area (Å²) in [4.78, 5) is 23.4. The van der Waals surface area contributed by atoms with E-state index in [1.807, 2.05) is 27.7 Å². The average molecular weight is 236 g/mol. The number of primary amides is 2. The van der Waals surface area contributed by atoms with Crippen LogP contribution < -0.4 is 11.5 Å². The fourth-order valence-corrected chi connectivity index (χ4v) is 4.26. The van der Waals surface area contributed by atoms with E-state index in [-0.39, 0.29) is 10.8 Å². The molecule has 0 heterocycles. The van der Waals surface area contributed by atoms with Crippen molar-refractivity contribution in [2.75, 3.05) is 0 Å². The molecule has 1 fully saturated rings. The lowest BCUT2D eigenvalue weighted by molar-refractivity contribution is -0.134. The summed E-state index contributed by atoms with van der Waals surface area (Å²) in [7, 11) is 0. The first-order valence-electron chi connectivity index (χ1n) is 5.93. The van der Waals surface area contributed by atoms with Crippen molar-refractivity contribution in [1.29, 1.82) is 0 Å². The lowest BCUT2D eigenvalue weighted by Gasteiger charge is -2.38. The summed E-state index contributed by atoms with van der Waals surface area (Å²) in [5.74, 6) is -1.75. The zero-order valence-corrected chi connectivity index (χ0v) is 10.8. The van der Waals surface area contributed by atoms with Crippen molar-refractivity contribution < 1.29 is 9.59 Å². The molecule has 2 amide bonds. The summed E-state index contributed by atoms with van der Waals surface area (Å²) in [5, 5.41) is 0. The van der Waals surface area contributed by atoms with E-state index in [4.69, 9.17) is 11.5 Å². The first-order chi connectivity index (χ1) is 7.66. The van der Waals surface area contributed by atoms with Gasteiger partial charge in [0.25, 0.3) is 0 Å². The second-order valence-electron chi connectivity index (χ2n) is 6.02. The SMILES string of the molecule is CC1=C(C)C2(C)CC1(C)C(C(N)=O)C2C(N)=O. The predicted molar refractivity (Wildman–Crippen MR) is 64.6 cm³/mol. The van der Waals surface area contributed by atoms with E-state index in [0.29, 0.717) is 0 Å². The van der Waals surface area contributed by atoms with Crippen LogP contribution in [0.1, 0.15) is 34.1 Å². The largest absolute Gasteiger partial charge is 0.369 e. The molecule has 0 aromatic heterocycles. The first-order valence-corrected chi connectivity index (χ1v) is 5.93. The number of amides is 2. The standard InChI is InChI=1S/C13H20N2O2/c1-6-7(2)13(4)5-12(6,3)8(10(14)16)9(13)11(15)17/h8-9H,5H2,1-4H3,(H2,14,16)(H2,15,17). The van der Waals surface area contributed by atoms with Crippen molar-refractivity contribution in [3.63, 3.8) is 0 Å². The second kappa shape index (κ2) is 3.12. The molecule has 1 saturated carbocycles. The number of carbonyl (C=O) groups excluding carboxylic acids is 2. The molecule has 94 valence electrons. The third-order valence-corrected chi connectivity index (χ3v) is 5.33. The monoisotopic (exact) mass is 236 g/mol. The van der Waals surface area contributed by atoms with Crippen LogP contribution in [0.3, 0.4) is 0 Å². The summed E-state index contributed by atoms with van der Waals surface area (Å²) in [6.45, 7) is 8.12. The fourth-order valence-electron chi connectivity index (χ4n) is 4.26. The molecule has 0 aromatic carbocycles. The zero-order chi connectivity index (χ0) is 13.2. The molecule has 0 spiro atoms. The Hall–Kier alpha value is -1.32. The van der Waals surface area contributed by atoms with Crippen LogP contribution in [0.5, 0.6) is 0 Å². The maximum absolute atomic E-state index is 11.7. The molecule has 17 heavy (non-hydrogen) atoms. The van der Waals surface area contributed by atoms with Gasteiger partial charge >= 0.3 is 0 Å². The van der Waals surface area contributed by atoms with E-state index in [2.05, 4.69) is 0 Å². The second-order valence-corrected chi connectivity index (χ2v) is 6.02. The molecule has 4 heteroatoms. The maximum Gasteiger partial charge on any atom is 0.222 e. The fraction of sp³-hybridized carbons (Fsp3) is 0.692. The lowest BCUT2D eigenvalue weighted by Crippen LogP contribution is -2.47. The van der Waals surface area contributed by atoms with Crippen molar-refractivity contribution >= 4 is 11.8 Å². The highest BCUT2D eigenvalue weighted by molar-refractivity contribution is 5.90. The van der Waals surface area contributed by atoms with Crippen LogP contribution in [0.25, 0.3) is 0 Å². The predicted octanol–water partition coefficient (Wildman–Crippen LogP) is 0.956. The van der Waals surface area contributed by atoms with Crippen LogP contribution in [0, 0.1) is 22.7 Å². The van der Waals surface area contributed by atoms with Crippen molar-refractivity contribution in [1.82, 2.24) is 0 Å². The third kappa shape index (κ3) is 1.18. The number of carbonyl (C=O) groups is 2. The average Bonchev–Trinajstić information content (AvgIpc) is 2.54. The number of rotatable bonds is 2. The number of nitrogens with two attached hydrogens (primary N) is 2. The van der Waals surface area contributed by atoms with Gasteiger partial charge in [0.15, 0.2) is 0 Å². The molecule has 2 aliphatic carbocycles. The molecule has 0 aromatic rings. The molecule has 0 aliphatic heterocycles. The molecule has 0 saturated heterocycles. The van der Waals surface area contributed by atoms with Gasteiger partial charge in [0.05, 0.1) is 11.8 Å². The van der Waals surface area contributed by atoms with Gasteiger partial charge in [0, 0.05) is 10.8 Å². The smallest absolute Gasteiger partial charge is 0.222 e. The van der Waals surface area contributed by atoms with Gasteiger partial charge in [-0.15, -0.1) is 0 Å². The van der Waals surface area contributed by atoms with Crippen molar-refractivity contribution in [3.05, 3.63) is 11.1 Å².